The third-order valence-electron chi connectivity index (χ3n) is 11.5. The number of nitrogens with one attached hydrogen (secondary N) is 5. The fourth-order valence-corrected chi connectivity index (χ4v) is 8.15. The van der Waals surface area contributed by atoms with Gasteiger partial charge in [0.1, 0.15) is 23.6 Å². The number of rotatable bonds is 20. The molecule has 4 amide bonds. The van der Waals surface area contributed by atoms with Crippen LogP contribution in [0.15, 0.2) is 115 Å². The highest BCUT2D eigenvalue weighted by Gasteiger charge is 2.30. The maximum absolute atomic E-state index is 13.2. The summed E-state index contributed by atoms with van der Waals surface area (Å²) in [4.78, 5) is 50.5. The van der Waals surface area contributed by atoms with Gasteiger partial charge in [0.15, 0.2) is 0 Å². The van der Waals surface area contributed by atoms with Crippen molar-refractivity contribution < 1.29 is 28.7 Å². The van der Waals surface area contributed by atoms with Gasteiger partial charge in [0.2, 0.25) is 11.8 Å². The zero-order chi connectivity index (χ0) is 48.6. The van der Waals surface area contributed by atoms with Crippen molar-refractivity contribution >= 4 is 71.9 Å². The van der Waals surface area contributed by atoms with Crippen molar-refractivity contribution in [2.24, 2.45) is 22.9 Å². The van der Waals surface area contributed by atoms with E-state index in [1.807, 2.05) is 72.8 Å². The van der Waals surface area contributed by atoms with Gasteiger partial charge in [-0.1, -0.05) is 78.3 Å². The number of hydrogen-bond donors (Lipinski definition) is 11. The Hall–Kier alpha value is -5.79. The molecule has 2 aliphatic rings. The van der Waals surface area contributed by atoms with E-state index in [1.165, 1.54) is 0 Å². The van der Waals surface area contributed by atoms with Crippen molar-refractivity contribution in [1.29, 1.82) is 0 Å². The topological polar surface area (TPSA) is 251 Å². The predicted octanol–water partition coefficient (Wildman–Crippen LogP) is 4.76. The number of ether oxygens (including phenoxy) is 2. The predicted molar refractivity (Wildman–Crippen MR) is 274 cm³/mol. The highest BCUT2D eigenvalue weighted by Crippen LogP contribution is 2.36. The van der Waals surface area contributed by atoms with Crippen molar-refractivity contribution in [3.63, 3.8) is 0 Å². The average molecular weight is 983 g/mol. The summed E-state index contributed by atoms with van der Waals surface area (Å²) in [6.07, 6.45) is 2.06. The van der Waals surface area contributed by atoms with Crippen LogP contribution in [0.1, 0.15) is 67.9 Å². The smallest absolute Gasteiger partial charge is 0.255 e. The maximum Gasteiger partial charge on any atom is 0.255 e. The van der Waals surface area contributed by atoms with E-state index >= 15 is 0 Å². The van der Waals surface area contributed by atoms with Gasteiger partial charge in [-0.15, -0.1) is 0 Å². The van der Waals surface area contributed by atoms with Crippen LogP contribution in [0.2, 0.25) is 5.02 Å². The third-order valence-corrected chi connectivity index (χ3v) is 12.7. The summed E-state index contributed by atoms with van der Waals surface area (Å²) in [7, 11) is 0. The molecule has 15 nitrogen and oxygen atoms in total. The van der Waals surface area contributed by atoms with Gasteiger partial charge >= 0.3 is 0 Å². The normalized spacial score (nSPS) is 16.6. The Morgan fingerprint density at radius 3 is 1.44 bits per heavy atom. The average Bonchev–Trinajstić information content (AvgIpc) is 3.35. The van der Waals surface area contributed by atoms with Crippen LogP contribution in [-0.2, 0) is 22.4 Å². The van der Waals surface area contributed by atoms with Gasteiger partial charge in [0.05, 0.1) is 24.3 Å². The Balaban J connectivity index is 0.000000228. The Bertz CT molecular complexity index is 2470. The van der Waals surface area contributed by atoms with Crippen LogP contribution in [-0.4, -0.2) is 85.6 Å². The van der Waals surface area contributed by atoms with Gasteiger partial charge < -0.3 is 59.0 Å². The number of nitrogens with two attached hydrogens (primary N) is 4. The number of halogens is 1. The van der Waals surface area contributed by atoms with Gasteiger partial charge in [0.25, 0.3) is 11.8 Å². The highest BCUT2D eigenvalue weighted by atomic mass is 35.5. The molecule has 7 rings (SSSR count). The lowest BCUT2D eigenvalue weighted by Crippen LogP contribution is -2.46. The minimum absolute atomic E-state index is 0.0115. The van der Waals surface area contributed by atoms with E-state index < -0.39 is 35.7 Å². The second-order valence-corrected chi connectivity index (χ2v) is 17.8. The minimum atomic E-state index is -0.873. The number of fused-ring (bicyclic) bond motifs is 2. The number of amides is 4. The van der Waals surface area contributed by atoms with E-state index in [0.717, 1.165) is 46.5 Å². The lowest BCUT2D eigenvalue weighted by molar-refractivity contribution is -0.120. The molecule has 0 bridgehead atoms. The molecule has 68 heavy (non-hydrogen) atoms. The van der Waals surface area contributed by atoms with Gasteiger partial charge in [-0.3, -0.25) is 19.2 Å². The van der Waals surface area contributed by atoms with Crippen molar-refractivity contribution in [3.05, 3.63) is 154 Å². The first-order chi connectivity index (χ1) is 32.8. The van der Waals surface area contributed by atoms with E-state index in [2.05, 4.69) is 51.8 Å². The molecular formula is C50H60ClN9O6S2. The molecule has 0 aromatic heterocycles. The number of hydrogen-bond acceptors (Lipinski definition) is 13. The molecule has 13 N–H and O–H groups in total. The Labute approximate surface area is 413 Å². The summed E-state index contributed by atoms with van der Waals surface area (Å²) < 4.78 is 11.7. The van der Waals surface area contributed by atoms with Crippen LogP contribution in [0, 0.1) is 0 Å². The van der Waals surface area contributed by atoms with Crippen LogP contribution >= 0.6 is 36.9 Å². The monoisotopic (exact) mass is 981 g/mol. The lowest BCUT2D eigenvalue weighted by atomic mass is 9.96. The number of thiol groups is 2. The van der Waals surface area contributed by atoms with Gasteiger partial charge in [-0.25, -0.2) is 0 Å². The number of anilines is 2. The molecule has 6 atom stereocenters. The van der Waals surface area contributed by atoms with Gasteiger partial charge in [-0.05, 0) is 59.7 Å². The van der Waals surface area contributed by atoms with Crippen molar-refractivity contribution in [2.45, 2.75) is 61.9 Å². The molecule has 2 aliphatic heterocycles. The van der Waals surface area contributed by atoms with Crippen LogP contribution in [0.5, 0.6) is 11.5 Å². The quantitative estimate of drug-likeness (QED) is 0.0475. The van der Waals surface area contributed by atoms with Crippen molar-refractivity contribution in [3.8, 4) is 11.5 Å². The molecular weight excluding hydrogens is 922 g/mol. The molecule has 18 heteroatoms. The second kappa shape index (κ2) is 25.5. The number of carbonyl (C=O) groups is 4. The standard InChI is InChI=1S/C28H33N5O3S.C22H27ClN4O3S/c29-19(17-37)16-31-24-13-14-36-26-22(24)7-4-8-23(26)28(35)33-25(27(30)34)15-18-9-11-21(12-10-18)32-20-5-2-1-3-6-20;23-14-6-4-13(5-7-14)10-19(21(25)28)27-22(29)17-3-1-2-16-18(8-9-30-20(16)17)26-11-15(24)12-31/h1-12,19,24-25,31-32,37H,13-17,29H2,(H2,30,34)(H,33,35);1-7,15,18-19,26,31H,8-12,24H2,(H2,25,28)(H,27,29)/t19-,24?,25+;15-,18?,19-/m11/s1. The maximum atomic E-state index is 13.2. The zero-order valence-corrected chi connectivity index (χ0v) is 40.1. The largest absolute Gasteiger partial charge is 0.492 e. The highest BCUT2D eigenvalue weighted by molar-refractivity contribution is 7.80. The van der Waals surface area contributed by atoms with E-state index in [9.17, 15) is 19.2 Å². The second-order valence-electron chi connectivity index (χ2n) is 16.6. The molecule has 0 aliphatic carbocycles. The Morgan fingerprint density at radius 1 is 0.588 bits per heavy atom. The number of para-hydroxylation sites is 3. The number of primary amides is 2. The van der Waals surface area contributed by atoms with Crippen LogP contribution in [0.3, 0.4) is 0 Å². The Morgan fingerprint density at radius 2 is 1.01 bits per heavy atom. The third kappa shape index (κ3) is 14.6. The number of carbonyl (C=O) groups excluding carboxylic acids is 4. The van der Waals surface area contributed by atoms with E-state index in [0.29, 0.717) is 65.5 Å². The molecule has 2 heterocycles. The molecule has 360 valence electrons. The molecule has 5 aromatic rings. The molecule has 0 radical (unpaired) electrons. The molecule has 5 aromatic carbocycles. The van der Waals surface area contributed by atoms with Gasteiger partial charge in [0, 0.05) is 102 Å². The summed E-state index contributed by atoms with van der Waals surface area (Å²) in [5.74, 6) is 0.138. The number of benzene rings is 5. The SMILES string of the molecule is NC(=O)[C@@H](Cc1ccc(Cl)cc1)NC(=O)c1cccc2c1OCCC2NC[C@@H](N)CS.NC(=O)[C@H](Cc1ccc(Nc2ccccc2)cc1)NC(=O)c1cccc2c1OCCC2NC[C@@H](N)CS. The minimum Gasteiger partial charge on any atom is -0.492 e. The summed E-state index contributed by atoms with van der Waals surface area (Å²) in [6.45, 7) is 2.14. The molecule has 0 spiro atoms. The fourth-order valence-electron chi connectivity index (χ4n) is 7.77. The molecule has 2 unspecified atom stereocenters. The first-order valence-electron chi connectivity index (χ1n) is 22.4. The Kier molecular flexibility index (Phi) is 19.4. The van der Waals surface area contributed by atoms with E-state index in [-0.39, 0.29) is 37.0 Å². The summed E-state index contributed by atoms with van der Waals surface area (Å²) >= 11 is 14.4. The van der Waals surface area contributed by atoms with Crippen molar-refractivity contribution in [2.75, 3.05) is 43.1 Å². The van der Waals surface area contributed by atoms with Gasteiger partial charge in [-0.2, -0.15) is 25.3 Å². The molecule has 0 saturated heterocycles. The summed E-state index contributed by atoms with van der Waals surface area (Å²) in [5.41, 5.74) is 29.3. The lowest BCUT2D eigenvalue weighted by Gasteiger charge is -2.29. The van der Waals surface area contributed by atoms with Crippen molar-refractivity contribution in [1.82, 2.24) is 21.3 Å². The van der Waals surface area contributed by atoms with Crippen LogP contribution in [0.4, 0.5) is 11.4 Å². The zero-order valence-electron chi connectivity index (χ0n) is 37.5. The van der Waals surface area contributed by atoms with E-state index in [1.54, 1.807) is 42.5 Å². The fraction of sp³-hybridized carbons (Fsp3) is 0.320. The first kappa shape index (κ1) is 51.6. The summed E-state index contributed by atoms with van der Waals surface area (Å²) in [5, 5.41) is 16.3. The van der Waals surface area contributed by atoms with Crippen LogP contribution < -0.4 is 59.0 Å². The molecule has 0 fully saturated rings. The molecule has 0 saturated carbocycles. The van der Waals surface area contributed by atoms with Crippen LogP contribution in [0.25, 0.3) is 0 Å². The first-order valence-corrected chi connectivity index (χ1v) is 24.0. The summed E-state index contributed by atoms with van der Waals surface area (Å²) in [6, 6.07) is 33.6. The van der Waals surface area contributed by atoms with E-state index in [4.69, 9.17) is 44.0 Å².